The number of nitrogens with zero attached hydrogens (tertiary/aromatic N) is 1. The third kappa shape index (κ3) is 4.62. The average molecular weight is 396 g/mol. The molecule has 2 aliphatic rings. The summed E-state index contributed by atoms with van der Waals surface area (Å²) in [4.78, 5) is 0. The van der Waals surface area contributed by atoms with Crippen molar-refractivity contribution in [2.45, 2.75) is 63.4 Å². The molecule has 1 atom stereocenters. The molecule has 0 amide bonds. The van der Waals surface area contributed by atoms with Gasteiger partial charge in [0.05, 0.1) is 32.3 Å². The van der Waals surface area contributed by atoms with Crippen LogP contribution in [-0.4, -0.2) is 36.3 Å². The van der Waals surface area contributed by atoms with Crippen molar-refractivity contribution in [3.05, 3.63) is 35.9 Å². The van der Waals surface area contributed by atoms with Gasteiger partial charge in [-0.3, -0.25) is 0 Å². The van der Waals surface area contributed by atoms with E-state index in [0.717, 1.165) is 23.0 Å². The van der Waals surface area contributed by atoms with Crippen LogP contribution in [0.4, 0.5) is 0 Å². The quantitative estimate of drug-likeness (QED) is 0.748. The van der Waals surface area contributed by atoms with Gasteiger partial charge in [0, 0.05) is 6.42 Å². The van der Waals surface area contributed by atoms with Gasteiger partial charge in [0.2, 0.25) is 0 Å². The van der Waals surface area contributed by atoms with Crippen LogP contribution in [0.2, 0.25) is 0 Å². The zero-order valence-corrected chi connectivity index (χ0v) is 16.8. The van der Waals surface area contributed by atoms with Gasteiger partial charge in [-0.25, -0.2) is 0 Å². The zero-order chi connectivity index (χ0) is 16.2. The third-order valence-electron chi connectivity index (χ3n) is 6.48. The number of hydrogen-bond acceptors (Lipinski definition) is 1. The van der Waals surface area contributed by atoms with Crippen LogP contribution in [0.5, 0.6) is 0 Å². The number of likely N-dealkylation sites (tertiary alicyclic amines) is 1. The number of rotatable bonds is 5. The predicted octanol–water partition coefficient (Wildman–Crippen LogP) is 1.48. The molecule has 1 aromatic rings. The van der Waals surface area contributed by atoms with Gasteiger partial charge in [-0.2, -0.15) is 0 Å². The van der Waals surface area contributed by atoms with Crippen molar-refractivity contribution in [1.29, 1.82) is 0 Å². The van der Waals surface area contributed by atoms with E-state index in [1.165, 1.54) is 64.5 Å². The number of halogens is 1. The van der Waals surface area contributed by atoms with Crippen molar-refractivity contribution in [1.82, 2.24) is 0 Å². The van der Waals surface area contributed by atoms with Crippen molar-refractivity contribution >= 4 is 0 Å². The third-order valence-corrected chi connectivity index (χ3v) is 6.48. The molecule has 0 bridgehead atoms. The minimum absolute atomic E-state index is 0. The largest absolute Gasteiger partial charge is 1.00 e. The van der Waals surface area contributed by atoms with E-state index in [4.69, 9.17) is 0 Å². The van der Waals surface area contributed by atoms with Crippen LogP contribution in [0.1, 0.15) is 63.4 Å². The van der Waals surface area contributed by atoms with Crippen molar-refractivity contribution < 1.29 is 26.6 Å². The van der Waals surface area contributed by atoms with Gasteiger partial charge in [-0.05, 0) is 43.6 Å². The van der Waals surface area contributed by atoms with Gasteiger partial charge in [-0.15, -0.1) is 0 Å². The molecule has 2 fully saturated rings. The van der Waals surface area contributed by atoms with E-state index in [-0.39, 0.29) is 17.0 Å². The molecule has 1 saturated carbocycles. The zero-order valence-electron chi connectivity index (χ0n) is 15.2. The van der Waals surface area contributed by atoms with Gasteiger partial charge >= 0.3 is 0 Å². The standard InChI is InChI=1S/C21H34NO.BrH/c1-22(16-9-4-10-17-22)18-15-21(23,19-11-5-2-6-12-19)20-13-7-3-8-14-20;/h2,5-6,11-12,20,23H,3-4,7-10,13-18H2,1H3;1H/q+1;/p-1. The maximum Gasteiger partial charge on any atom is 0.0978 e. The highest BCUT2D eigenvalue weighted by molar-refractivity contribution is 5.23. The summed E-state index contributed by atoms with van der Waals surface area (Å²) < 4.78 is 1.15. The normalized spacial score (nSPS) is 23.9. The summed E-state index contributed by atoms with van der Waals surface area (Å²) >= 11 is 0. The minimum Gasteiger partial charge on any atom is -1.00 e. The highest BCUT2D eigenvalue weighted by Crippen LogP contribution is 2.42. The Labute approximate surface area is 158 Å². The fourth-order valence-electron chi connectivity index (χ4n) is 4.83. The molecule has 24 heavy (non-hydrogen) atoms. The summed E-state index contributed by atoms with van der Waals surface area (Å²) in [5, 5.41) is 11.7. The van der Waals surface area contributed by atoms with Crippen molar-refractivity contribution in [2.75, 3.05) is 26.7 Å². The number of hydrogen-bond donors (Lipinski definition) is 1. The van der Waals surface area contributed by atoms with Crippen LogP contribution in [-0.2, 0) is 5.60 Å². The van der Waals surface area contributed by atoms with E-state index in [2.05, 4.69) is 37.4 Å². The molecule has 136 valence electrons. The predicted molar refractivity (Wildman–Crippen MR) is 96.2 cm³/mol. The topological polar surface area (TPSA) is 20.2 Å². The molecule has 1 N–H and O–H groups in total. The van der Waals surface area contributed by atoms with E-state index in [1.54, 1.807) is 0 Å². The highest BCUT2D eigenvalue weighted by Gasteiger charge is 2.41. The maximum absolute atomic E-state index is 11.7. The highest BCUT2D eigenvalue weighted by atomic mass is 79.9. The van der Waals surface area contributed by atoms with Gasteiger partial charge in [0.1, 0.15) is 0 Å². The van der Waals surface area contributed by atoms with Crippen LogP contribution in [0.25, 0.3) is 0 Å². The Kier molecular flexibility index (Phi) is 7.33. The Morgan fingerprint density at radius 3 is 2.17 bits per heavy atom. The van der Waals surface area contributed by atoms with E-state index in [9.17, 15) is 5.11 Å². The second kappa shape index (κ2) is 8.82. The van der Waals surface area contributed by atoms with Crippen molar-refractivity contribution in [3.8, 4) is 0 Å². The summed E-state index contributed by atoms with van der Waals surface area (Å²) in [6, 6.07) is 10.5. The molecular formula is C21H34BrNO. The molecule has 1 saturated heterocycles. The lowest BCUT2D eigenvalue weighted by atomic mass is 9.71. The Hall–Kier alpha value is -0.380. The Morgan fingerprint density at radius 1 is 0.958 bits per heavy atom. The lowest BCUT2D eigenvalue weighted by Crippen LogP contribution is -3.00. The van der Waals surface area contributed by atoms with Gasteiger partial charge < -0.3 is 26.6 Å². The summed E-state index contributed by atoms with van der Waals surface area (Å²) in [7, 11) is 2.39. The number of aliphatic hydroxyl groups is 1. The Bertz CT molecular complexity index is 480. The Balaban J connectivity index is 0.00000208. The maximum atomic E-state index is 11.7. The van der Waals surface area contributed by atoms with Crippen LogP contribution in [0.3, 0.4) is 0 Å². The van der Waals surface area contributed by atoms with Crippen LogP contribution in [0, 0.1) is 5.92 Å². The smallest absolute Gasteiger partial charge is 0.0978 e. The first-order valence-corrected chi connectivity index (χ1v) is 9.74. The van der Waals surface area contributed by atoms with Gasteiger partial charge in [0.15, 0.2) is 0 Å². The van der Waals surface area contributed by atoms with E-state index < -0.39 is 5.60 Å². The van der Waals surface area contributed by atoms with Gasteiger partial charge in [0.25, 0.3) is 0 Å². The van der Waals surface area contributed by atoms with Gasteiger partial charge in [-0.1, -0.05) is 49.6 Å². The summed E-state index contributed by atoms with van der Waals surface area (Å²) in [5.74, 6) is 0.440. The van der Waals surface area contributed by atoms with Crippen LogP contribution >= 0.6 is 0 Å². The number of piperidine rings is 1. The average Bonchev–Trinajstić information content (AvgIpc) is 2.62. The number of benzene rings is 1. The number of quaternary nitrogens is 1. The molecule has 3 rings (SSSR count). The fourth-order valence-corrected chi connectivity index (χ4v) is 4.83. The molecule has 3 heteroatoms. The molecule has 2 nitrogen and oxygen atoms in total. The molecule has 0 radical (unpaired) electrons. The van der Waals surface area contributed by atoms with E-state index in [1.807, 2.05) is 0 Å². The summed E-state index contributed by atoms with van der Waals surface area (Å²) in [6.45, 7) is 3.69. The molecule has 1 heterocycles. The lowest BCUT2D eigenvalue weighted by molar-refractivity contribution is -0.915. The van der Waals surface area contributed by atoms with Crippen LogP contribution in [0.15, 0.2) is 30.3 Å². The van der Waals surface area contributed by atoms with Crippen LogP contribution < -0.4 is 17.0 Å². The second-order valence-corrected chi connectivity index (χ2v) is 8.23. The Morgan fingerprint density at radius 2 is 1.54 bits per heavy atom. The van der Waals surface area contributed by atoms with Crippen molar-refractivity contribution in [2.24, 2.45) is 5.92 Å². The SMILES string of the molecule is C[N+]1(CCC(O)(c2ccccc2)C2CCCCC2)CCCCC1.[Br-]. The van der Waals surface area contributed by atoms with E-state index in [0.29, 0.717) is 5.92 Å². The first kappa shape index (κ1) is 19.9. The second-order valence-electron chi connectivity index (χ2n) is 8.23. The summed E-state index contributed by atoms with van der Waals surface area (Å²) in [5.41, 5.74) is 0.524. The molecule has 1 aliphatic heterocycles. The monoisotopic (exact) mass is 395 g/mol. The molecule has 1 aliphatic carbocycles. The molecule has 0 spiro atoms. The van der Waals surface area contributed by atoms with E-state index >= 15 is 0 Å². The lowest BCUT2D eigenvalue weighted by Gasteiger charge is -2.43. The first-order valence-electron chi connectivity index (χ1n) is 9.74. The molecule has 0 aromatic heterocycles. The first-order chi connectivity index (χ1) is 11.1. The minimum atomic E-state index is -0.625. The molecule has 1 aromatic carbocycles. The molecular weight excluding hydrogens is 362 g/mol. The molecule has 1 unspecified atom stereocenters. The summed E-state index contributed by atoms with van der Waals surface area (Å²) in [6.07, 6.45) is 11.3. The van der Waals surface area contributed by atoms with Crippen molar-refractivity contribution in [3.63, 3.8) is 0 Å². The fraction of sp³-hybridized carbons (Fsp3) is 0.714.